The number of carbonyl (C=O) groups excluding carboxylic acids is 1. The minimum Gasteiger partial charge on any atom is -0.494 e. The number of anilines is 1. The molecule has 0 aromatic heterocycles. The molecule has 2 fully saturated rings. The van der Waals surface area contributed by atoms with E-state index in [2.05, 4.69) is 47.2 Å². The van der Waals surface area contributed by atoms with Crippen LogP contribution in [-0.2, 0) is 0 Å². The SMILES string of the molecule is Cc1ccc(C)c(C(=O)N2CCN(c3ccc(OCCCN(C)C4CCCC4)cc3)CC2)c1. The molecule has 0 spiro atoms. The maximum Gasteiger partial charge on any atom is 0.254 e. The fourth-order valence-electron chi connectivity index (χ4n) is 5.09. The molecule has 1 saturated carbocycles. The van der Waals surface area contributed by atoms with Crippen molar-refractivity contribution in [2.45, 2.75) is 52.0 Å². The average Bonchev–Trinajstić information content (AvgIpc) is 3.39. The van der Waals surface area contributed by atoms with Crippen LogP contribution in [0.25, 0.3) is 0 Å². The maximum absolute atomic E-state index is 13.0. The van der Waals surface area contributed by atoms with Crippen molar-refractivity contribution in [1.29, 1.82) is 0 Å². The van der Waals surface area contributed by atoms with Crippen LogP contribution in [0.2, 0.25) is 0 Å². The number of ether oxygens (including phenoxy) is 1. The second-order valence-electron chi connectivity index (χ2n) is 9.71. The molecule has 178 valence electrons. The Kier molecular flexibility index (Phi) is 7.92. The molecule has 1 aliphatic heterocycles. The van der Waals surface area contributed by atoms with Gasteiger partial charge in [-0.25, -0.2) is 0 Å². The standard InChI is InChI=1S/C28H39N3O2/c1-22-9-10-23(2)27(21-22)28(32)31-18-16-30(17-19-31)25-11-13-26(14-12-25)33-20-6-15-29(3)24-7-4-5-8-24/h9-14,21,24H,4-8,15-20H2,1-3H3. The van der Waals surface area contributed by atoms with Crippen LogP contribution in [0, 0.1) is 13.8 Å². The number of benzene rings is 2. The first-order valence-corrected chi connectivity index (χ1v) is 12.6. The van der Waals surface area contributed by atoms with Gasteiger partial charge in [-0.05, 0) is 76.1 Å². The van der Waals surface area contributed by atoms with Gasteiger partial charge in [0.05, 0.1) is 6.61 Å². The highest BCUT2D eigenvalue weighted by molar-refractivity contribution is 5.96. The Bertz CT molecular complexity index is 913. The molecular weight excluding hydrogens is 410 g/mol. The molecule has 1 aliphatic carbocycles. The number of aryl methyl sites for hydroxylation is 2. The van der Waals surface area contributed by atoms with E-state index in [1.165, 1.54) is 31.4 Å². The lowest BCUT2D eigenvalue weighted by Gasteiger charge is -2.36. The van der Waals surface area contributed by atoms with Crippen molar-refractivity contribution in [2.24, 2.45) is 0 Å². The predicted molar refractivity (Wildman–Crippen MR) is 135 cm³/mol. The summed E-state index contributed by atoms with van der Waals surface area (Å²) in [5, 5.41) is 0. The Morgan fingerprint density at radius 3 is 2.39 bits per heavy atom. The van der Waals surface area contributed by atoms with Crippen LogP contribution in [0.5, 0.6) is 5.75 Å². The number of nitrogens with zero attached hydrogens (tertiary/aromatic N) is 3. The van der Waals surface area contributed by atoms with Crippen LogP contribution in [-0.4, -0.2) is 68.1 Å². The highest BCUT2D eigenvalue weighted by Crippen LogP contribution is 2.24. The molecule has 1 heterocycles. The van der Waals surface area contributed by atoms with Gasteiger partial charge in [0.25, 0.3) is 5.91 Å². The Labute approximate surface area is 199 Å². The van der Waals surface area contributed by atoms with Gasteiger partial charge in [-0.2, -0.15) is 0 Å². The maximum atomic E-state index is 13.0. The molecule has 0 unspecified atom stereocenters. The number of hydrogen-bond acceptors (Lipinski definition) is 4. The van der Waals surface area contributed by atoms with Gasteiger partial charge >= 0.3 is 0 Å². The van der Waals surface area contributed by atoms with Gasteiger partial charge in [-0.1, -0.05) is 30.5 Å². The smallest absolute Gasteiger partial charge is 0.254 e. The van der Waals surface area contributed by atoms with E-state index in [-0.39, 0.29) is 5.91 Å². The van der Waals surface area contributed by atoms with E-state index in [0.29, 0.717) is 0 Å². The molecule has 5 heteroatoms. The van der Waals surface area contributed by atoms with Crippen LogP contribution < -0.4 is 9.64 Å². The molecule has 5 nitrogen and oxygen atoms in total. The summed E-state index contributed by atoms with van der Waals surface area (Å²) >= 11 is 0. The monoisotopic (exact) mass is 449 g/mol. The van der Waals surface area contributed by atoms with Crippen LogP contribution in [0.15, 0.2) is 42.5 Å². The third-order valence-corrected chi connectivity index (χ3v) is 7.26. The van der Waals surface area contributed by atoms with E-state index < -0.39 is 0 Å². The zero-order valence-electron chi connectivity index (χ0n) is 20.6. The van der Waals surface area contributed by atoms with E-state index in [0.717, 1.165) is 74.2 Å². The topological polar surface area (TPSA) is 36.0 Å². The summed E-state index contributed by atoms with van der Waals surface area (Å²) < 4.78 is 5.98. The van der Waals surface area contributed by atoms with Gasteiger partial charge in [-0.3, -0.25) is 4.79 Å². The van der Waals surface area contributed by atoms with Crippen molar-refractivity contribution < 1.29 is 9.53 Å². The first-order chi connectivity index (χ1) is 16.0. The lowest BCUT2D eigenvalue weighted by molar-refractivity contribution is 0.0746. The zero-order valence-corrected chi connectivity index (χ0v) is 20.6. The Hall–Kier alpha value is -2.53. The van der Waals surface area contributed by atoms with Crippen LogP contribution in [0.1, 0.15) is 53.6 Å². The Morgan fingerprint density at radius 1 is 1.00 bits per heavy atom. The van der Waals surface area contributed by atoms with Gasteiger partial charge < -0.3 is 19.4 Å². The minimum atomic E-state index is 0.151. The van der Waals surface area contributed by atoms with Gasteiger partial charge in [0.1, 0.15) is 5.75 Å². The fraction of sp³-hybridized carbons (Fsp3) is 0.536. The molecule has 0 radical (unpaired) electrons. The first-order valence-electron chi connectivity index (χ1n) is 12.6. The van der Waals surface area contributed by atoms with Gasteiger partial charge in [0, 0.05) is 50.0 Å². The van der Waals surface area contributed by atoms with E-state index in [9.17, 15) is 4.79 Å². The highest BCUT2D eigenvalue weighted by atomic mass is 16.5. The number of amides is 1. The lowest BCUT2D eigenvalue weighted by atomic mass is 10.0. The number of hydrogen-bond donors (Lipinski definition) is 0. The average molecular weight is 450 g/mol. The van der Waals surface area contributed by atoms with E-state index in [1.54, 1.807) is 0 Å². The normalized spacial score (nSPS) is 17.1. The molecule has 1 amide bonds. The van der Waals surface area contributed by atoms with Crippen LogP contribution >= 0.6 is 0 Å². The molecule has 2 aliphatic rings. The van der Waals surface area contributed by atoms with Gasteiger partial charge in [-0.15, -0.1) is 0 Å². The van der Waals surface area contributed by atoms with Gasteiger partial charge in [0.15, 0.2) is 0 Å². The predicted octanol–water partition coefficient (Wildman–Crippen LogP) is 4.91. The molecule has 4 rings (SSSR count). The summed E-state index contributed by atoms with van der Waals surface area (Å²) in [7, 11) is 2.25. The largest absolute Gasteiger partial charge is 0.494 e. The summed E-state index contributed by atoms with van der Waals surface area (Å²) in [4.78, 5) is 19.8. The van der Waals surface area contributed by atoms with E-state index in [4.69, 9.17) is 4.74 Å². The highest BCUT2D eigenvalue weighted by Gasteiger charge is 2.23. The molecule has 2 aromatic rings. The van der Waals surface area contributed by atoms with Crippen molar-refractivity contribution in [3.63, 3.8) is 0 Å². The summed E-state index contributed by atoms with van der Waals surface area (Å²) in [5.74, 6) is 1.09. The summed E-state index contributed by atoms with van der Waals surface area (Å²) in [6.07, 6.45) is 6.54. The molecule has 0 bridgehead atoms. The summed E-state index contributed by atoms with van der Waals surface area (Å²) in [6, 6.07) is 15.3. The number of piperazine rings is 1. The second-order valence-corrected chi connectivity index (χ2v) is 9.71. The van der Waals surface area contributed by atoms with Crippen LogP contribution in [0.4, 0.5) is 5.69 Å². The lowest BCUT2D eigenvalue weighted by Crippen LogP contribution is -2.49. The van der Waals surface area contributed by atoms with Crippen molar-refractivity contribution in [3.8, 4) is 5.75 Å². The molecule has 1 saturated heterocycles. The van der Waals surface area contributed by atoms with Gasteiger partial charge in [0.2, 0.25) is 0 Å². The molecular formula is C28H39N3O2. The number of carbonyl (C=O) groups is 1. The minimum absolute atomic E-state index is 0.151. The van der Waals surface area contributed by atoms with Crippen LogP contribution in [0.3, 0.4) is 0 Å². The summed E-state index contributed by atoms with van der Waals surface area (Å²) in [6.45, 7) is 9.12. The second kappa shape index (κ2) is 11.1. The Balaban J connectivity index is 1.21. The fourth-order valence-corrected chi connectivity index (χ4v) is 5.09. The van der Waals surface area contributed by atoms with Crippen molar-refractivity contribution in [2.75, 3.05) is 51.3 Å². The molecule has 0 N–H and O–H groups in total. The van der Waals surface area contributed by atoms with Crippen molar-refractivity contribution in [3.05, 3.63) is 59.2 Å². The van der Waals surface area contributed by atoms with E-state index >= 15 is 0 Å². The summed E-state index contributed by atoms with van der Waals surface area (Å²) in [5.41, 5.74) is 4.21. The first kappa shape index (κ1) is 23.6. The van der Waals surface area contributed by atoms with E-state index in [1.807, 2.05) is 30.9 Å². The molecule has 2 aromatic carbocycles. The Morgan fingerprint density at radius 2 is 1.70 bits per heavy atom. The third kappa shape index (κ3) is 6.08. The molecule has 33 heavy (non-hydrogen) atoms. The number of rotatable bonds is 8. The zero-order chi connectivity index (χ0) is 23.2. The third-order valence-electron chi connectivity index (χ3n) is 7.26. The molecule has 0 atom stereocenters. The quantitative estimate of drug-likeness (QED) is 0.537. The van der Waals surface area contributed by atoms with Crippen molar-refractivity contribution in [1.82, 2.24) is 9.80 Å². The van der Waals surface area contributed by atoms with Crippen molar-refractivity contribution >= 4 is 11.6 Å².